The standard InChI is InChI=1S/C17H13NO2/c1-2-16(17(19)14-6-4-3-5-7-14)13-8-10-15(11-9-13)20-12-18/h2-11H,1H3. The normalized spacial score (nSPS) is 10.7. The zero-order chi connectivity index (χ0) is 14.4. The smallest absolute Gasteiger partial charge is 0.292 e. The summed E-state index contributed by atoms with van der Waals surface area (Å²) < 4.78 is 4.72. The molecule has 0 aliphatic heterocycles. The lowest BCUT2D eigenvalue weighted by Crippen LogP contribution is -2.02. The van der Waals surface area contributed by atoms with Crippen LogP contribution in [-0.2, 0) is 0 Å². The van der Waals surface area contributed by atoms with E-state index < -0.39 is 0 Å². The molecule has 0 N–H and O–H groups in total. The monoisotopic (exact) mass is 263 g/mol. The number of hydrogen-bond acceptors (Lipinski definition) is 3. The lowest BCUT2D eigenvalue weighted by Gasteiger charge is -2.07. The molecule has 0 heterocycles. The Hall–Kier alpha value is -2.86. The van der Waals surface area contributed by atoms with E-state index in [9.17, 15) is 4.79 Å². The molecule has 0 amide bonds. The molecule has 3 nitrogen and oxygen atoms in total. The predicted molar refractivity (Wildman–Crippen MR) is 77.1 cm³/mol. The van der Waals surface area contributed by atoms with Gasteiger partial charge in [-0.15, -0.1) is 5.26 Å². The van der Waals surface area contributed by atoms with Gasteiger partial charge >= 0.3 is 0 Å². The largest absolute Gasteiger partial charge is 0.388 e. The Morgan fingerprint density at radius 3 is 2.25 bits per heavy atom. The summed E-state index contributed by atoms with van der Waals surface area (Å²) in [4.78, 5) is 12.4. The molecule has 2 aromatic rings. The molecular formula is C17H13NO2. The Labute approximate surface area is 117 Å². The fourth-order valence-electron chi connectivity index (χ4n) is 1.93. The van der Waals surface area contributed by atoms with Gasteiger partial charge in [0.15, 0.2) is 5.78 Å². The van der Waals surface area contributed by atoms with Gasteiger partial charge in [0.1, 0.15) is 5.75 Å². The highest BCUT2D eigenvalue weighted by molar-refractivity contribution is 6.28. The van der Waals surface area contributed by atoms with Crippen molar-refractivity contribution in [2.24, 2.45) is 0 Å². The number of ketones is 1. The summed E-state index contributed by atoms with van der Waals surface area (Å²) in [5.41, 5.74) is 2.07. The lowest BCUT2D eigenvalue weighted by atomic mass is 9.96. The first-order valence-corrected chi connectivity index (χ1v) is 6.18. The van der Waals surface area contributed by atoms with Crippen molar-refractivity contribution in [3.8, 4) is 12.0 Å². The summed E-state index contributed by atoms with van der Waals surface area (Å²) in [6.07, 6.45) is 3.40. The SMILES string of the molecule is CC=C(C(=O)c1ccccc1)c1ccc(OC#N)cc1. The van der Waals surface area contributed by atoms with Crippen LogP contribution in [0.1, 0.15) is 22.8 Å². The van der Waals surface area contributed by atoms with Crippen molar-refractivity contribution in [2.75, 3.05) is 0 Å². The van der Waals surface area contributed by atoms with Crippen LogP contribution in [0.2, 0.25) is 0 Å². The fraction of sp³-hybridized carbons (Fsp3) is 0.0588. The molecule has 0 atom stereocenters. The third-order valence-corrected chi connectivity index (χ3v) is 2.90. The molecule has 0 saturated carbocycles. The van der Waals surface area contributed by atoms with Crippen molar-refractivity contribution in [2.45, 2.75) is 6.92 Å². The molecule has 0 bridgehead atoms. The average molecular weight is 263 g/mol. The maximum Gasteiger partial charge on any atom is 0.292 e. The van der Waals surface area contributed by atoms with Gasteiger partial charge < -0.3 is 4.74 Å². The van der Waals surface area contributed by atoms with Gasteiger partial charge in [-0.1, -0.05) is 48.5 Å². The minimum Gasteiger partial charge on any atom is -0.388 e. The number of ether oxygens (including phenoxy) is 1. The van der Waals surface area contributed by atoms with Crippen molar-refractivity contribution in [1.82, 2.24) is 0 Å². The molecule has 2 rings (SSSR count). The topological polar surface area (TPSA) is 50.1 Å². The van der Waals surface area contributed by atoms with Crippen molar-refractivity contribution in [3.63, 3.8) is 0 Å². The fourth-order valence-corrected chi connectivity index (χ4v) is 1.93. The van der Waals surface area contributed by atoms with Crippen LogP contribution in [0.4, 0.5) is 0 Å². The molecule has 0 aromatic heterocycles. The van der Waals surface area contributed by atoms with E-state index in [2.05, 4.69) is 0 Å². The second-order valence-corrected chi connectivity index (χ2v) is 4.12. The predicted octanol–water partition coefficient (Wildman–Crippen LogP) is 3.83. The molecule has 98 valence electrons. The number of nitrogens with zero attached hydrogens (tertiary/aromatic N) is 1. The highest BCUT2D eigenvalue weighted by Crippen LogP contribution is 2.22. The van der Waals surface area contributed by atoms with E-state index in [1.807, 2.05) is 25.1 Å². The van der Waals surface area contributed by atoms with Gasteiger partial charge in [-0.25, -0.2) is 0 Å². The van der Waals surface area contributed by atoms with Gasteiger partial charge in [-0.2, -0.15) is 0 Å². The first-order valence-electron chi connectivity index (χ1n) is 6.18. The van der Waals surface area contributed by atoms with Gasteiger partial charge in [0.25, 0.3) is 6.26 Å². The second-order valence-electron chi connectivity index (χ2n) is 4.12. The van der Waals surface area contributed by atoms with E-state index in [-0.39, 0.29) is 5.78 Å². The van der Waals surface area contributed by atoms with Crippen LogP contribution in [0.25, 0.3) is 5.57 Å². The molecule has 0 saturated heterocycles. The van der Waals surface area contributed by atoms with E-state index in [0.29, 0.717) is 16.9 Å². The number of rotatable bonds is 4. The maximum atomic E-state index is 12.4. The zero-order valence-electron chi connectivity index (χ0n) is 11.0. The Bertz CT molecular complexity index is 664. The Morgan fingerprint density at radius 1 is 1.05 bits per heavy atom. The molecule has 0 aliphatic carbocycles. The minimum atomic E-state index is -0.0259. The van der Waals surface area contributed by atoms with Gasteiger partial charge in [0, 0.05) is 11.1 Å². The Balaban J connectivity index is 2.30. The van der Waals surface area contributed by atoms with E-state index in [1.165, 1.54) is 0 Å². The summed E-state index contributed by atoms with van der Waals surface area (Å²) in [7, 11) is 0. The third-order valence-electron chi connectivity index (χ3n) is 2.90. The highest BCUT2D eigenvalue weighted by atomic mass is 16.5. The summed E-state index contributed by atoms with van der Waals surface area (Å²) >= 11 is 0. The van der Waals surface area contributed by atoms with Crippen molar-refractivity contribution >= 4 is 11.4 Å². The van der Waals surface area contributed by atoms with Crippen LogP contribution >= 0.6 is 0 Å². The Morgan fingerprint density at radius 2 is 1.70 bits per heavy atom. The number of carbonyl (C=O) groups is 1. The number of carbonyl (C=O) groups excluding carboxylic acids is 1. The quantitative estimate of drug-likeness (QED) is 0.478. The number of nitriles is 1. The van der Waals surface area contributed by atoms with Gasteiger partial charge in [-0.05, 0) is 24.6 Å². The van der Waals surface area contributed by atoms with Crippen molar-refractivity contribution in [1.29, 1.82) is 5.26 Å². The zero-order valence-corrected chi connectivity index (χ0v) is 11.0. The van der Waals surface area contributed by atoms with Crippen LogP contribution < -0.4 is 4.74 Å². The van der Waals surface area contributed by atoms with Gasteiger partial charge in [0.2, 0.25) is 0 Å². The number of hydrogen-bond donors (Lipinski definition) is 0. The Kier molecular flexibility index (Phi) is 4.31. The van der Waals surface area contributed by atoms with Crippen molar-refractivity contribution in [3.05, 3.63) is 71.8 Å². The molecular weight excluding hydrogens is 250 g/mol. The first-order chi connectivity index (χ1) is 9.76. The molecule has 3 heteroatoms. The van der Waals surface area contributed by atoms with Crippen LogP contribution in [0.15, 0.2) is 60.7 Å². The molecule has 2 aromatic carbocycles. The van der Waals surface area contributed by atoms with E-state index in [1.54, 1.807) is 48.7 Å². The maximum absolute atomic E-state index is 12.4. The molecule has 0 fully saturated rings. The van der Waals surface area contributed by atoms with Gasteiger partial charge in [-0.3, -0.25) is 4.79 Å². The molecule has 0 radical (unpaired) electrons. The minimum absolute atomic E-state index is 0.0259. The van der Waals surface area contributed by atoms with Crippen LogP contribution in [0.3, 0.4) is 0 Å². The highest BCUT2D eigenvalue weighted by Gasteiger charge is 2.13. The molecule has 0 spiro atoms. The summed E-state index contributed by atoms with van der Waals surface area (Å²) in [5, 5.41) is 8.44. The first kappa shape index (κ1) is 13.6. The number of Topliss-reactive ketones (excluding diaryl/α,β-unsaturated/α-hetero) is 1. The van der Waals surface area contributed by atoms with E-state index in [0.717, 1.165) is 5.56 Å². The summed E-state index contributed by atoms with van der Waals surface area (Å²) in [5.74, 6) is 0.431. The van der Waals surface area contributed by atoms with E-state index in [4.69, 9.17) is 10.00 Å². The molecule has 0 unspecified atom stereocenters. The van der Waals surface area contributed by atoms with Crippen LogP contribution in [-0.4, -0.2) is 5.78 Å². The van der Waals surface area contributed by atoms with E-state index >= 15 is 0 Å². The molecule has 20 heavy (non-hydrogen) atoms. The van der Waals surface area contributed by atoms with Crippen molar-refractivity contribution < 1.29 is 9.53 Å². The second kappa shape index (κ2) is 6.35. The van der Waals surface area contributed by atoms with Gasteiger partial charge in [0.05, 0.1) is 0 Å². The lowest BCUT2D eigenvalue weighted by molar-refractivity contribution is 0.105. The number of allylic oxidation sites excluding steroid dienone is 2. The molecule has 0 aliphatic rings. The summed E-state index contributed by atoms with van der Waals surface area (Å²) in [6, 6.07) is 16.0. The van der Waals surface area contributed by atoms with Crippen LogP contribution in [0, 0.1) is 11.5 Å². The summed E-state index contributed by atoms with van der Waals surface area (Å²) in [6.45, 7) is 1.83. The van der Waals surface area contributed by atoms with Crippen LogP contribution in [0.5, 0.6) is 5.75 Å². The third kappa shape index (κ3) is 2.93. The average Bonchev–Trinajstić information content (AvgIpc) is 2.51. The number of benzene rings is 2.